The molecule has 0 saturated carbocycles. The number of nitrogens with zero attached hydrogens (tertiary/aromatic N) is 1. The van der Waals surface area contributed by atoms with Crippen LogP contribution in [0, 0.1) is 5.92 Å². The summed E-state index contributed by atoms with van der Waals surface area (Å²) < 4.78 is 5.53. The van der Waals surface area contributed by atoms with Gasteiger partial charge in [-0.3, -0.25) is 9.63 Å². The van der Waals surface area contributed by atoms with E-state index in [1.807, 2.05) is 48.5 Å². The Balaban J connectivity index is 1.32. The SMILES string of the molecule is O=C(OCc1ccccc1)[C@@H]1CCN2O[C@@H](c3ccccc3)C[C@@H]2C1. The smallest absolute Gasteiger partial charge is 0.309 e. The quantitative estimate of drug-likeness (QED) is 0.794. The molecule has 0 unspecified atom stereocenters. The summed E-state index contributed by atoms with van der Waals surface area (Å²) in [5.74, 6) is -0.102. The van der Waals surface area contributed by atoms with Crippen molar-refractivity contribution < 1.29 is 14.4 Å². The van der Waals surface area contributed by atoms with Crippen LogP contribution in [-0.4, -0.2) is 23.6 Å². The average molecular weight is 337 g/mol. The first kappa shape index (κ1) is 16.3. The van der Waals surface area contributed by atoms with Crippen LogP contribution in [0.3, 0.4) is 0 Å². The summed E-state index contributed by atoms with van der Waals surface area (Å²) in [5, 5.41) is 2.07. The van der Waals surface area contributed by atoms with Crippen molar-refractivity contribution in [2.75, 3.05) is 6.54 Å². The first-order chi connectivity index (χ1) is 12.3. The summed E-state index contributed by atoms with van der Waals surface area (Å²) in [6, 6.07) is 20.4. The van der Waals surface area contributed by atoms with Gasteiger partial charge in [-0.25, -0.2) is 0 Å². The number of esters is 1. The van der Waals surface area contributed by atoms with E-state index in [0.29, 0.717) is 12.6 Å². The Morgan fingerprint density at radius 3 is 2.52 bits per heavy atom. The summed E-state index contributed by atoms with van der Waals surface area (Å²) in [6.45, 7) is 1.15. The lowest BCUT2D eigenvalue weighted by molar-refractivity contribution is -0.184. The monoisotopic (exact) mass is 337 g/mol. The largest absolute Gasteiger partial charge is 0.461 e. The van der Waals surface area contributed by atoms with Crippen LogP contribution in [0.25, 0.3) is 0 Å². The highest BCUT2D eigenvalue weighted by atomic mass is 16.7. The lowest BCUT2D eigenvalue weighted by atomic mass is 9.89. The number of hydrogen-bond acceptors (Lipinski definition) is 4. The van der Waals surface area contributed by atoms with E-state index in [0.717, 1.165) is 31.4 Å². The van der Waals surface area contributed by atoms with E-state index in [-0.39, 0.29) is 18.0 Å². The Morgan fingerprint density at radius 2 is 1.76 bits per heavy atom. The van der Waals surface area contributed by atoms with Crippen LogP contribution in [-0.2, 0) is 21.0 Å². The highest BCUT2D eigenvalue weighted by Gasteiger charge is 2.41. The number of rotatable bonds is 4. The fraction of sp³-hybridized carbons (Fsp3) is 0.381. The number of piperidine rings is 1. The van der Waals surface area contributed by atoms with Gasteiger partial charge in [0.05, 0.1) is 5.92 Å². The molecule has 2 aromatic rings. The second-order valence-corrected chi connectivity index (χ2v) is 6.85. The molecule has 2 saturated heterocycles. The fourth-order valence-corrected chi connectivity index (χ4v) is 3.76. The van der Waals surface area contributed by atoms with Crippen LogP contribution in [0.4, 0.5) is 0 Å². The lowest BCUT2D eigenvalue weighted by Crippen LogP contribution is -2.40. The minimum absolute atomic E-state index is 0.0249. The molecule has 0 radical (unpaired) electrons. The molecule has 4 heteroatoms. The van der Waals surface area contributed by atoms with Gasteiger partial charge >= 0.3 is 5.97 Å². The van der Waals surface area contributed by atoms with E-state index in [9.17, 15) is 4.79 Å². The second-order valence-electron chi connectivity index (χ2n) is 6.85. The predicted octanol–water partition coefficient (Wildman–Crippen LogP) is 3.89. The van der Waals surface area contributed by atoms with Gasteiger partial charge in [0.15, 0.2) is 0 Å². The third-order valence-electron chi connectivity index (χ3n) is 5.14. The zero-order valence-corrected chi connectivity index (χ0v) is 14.2. The zero-order valence-electron chi connectivity index (χ0n) is 14.2. The molecule has 2 aromatic carbocycles. The van der Waals surface area contributed by atoms with Crippen molar-refractivity contribution in [2.24, 2.45) is 5.92 Å². The third kappa shape index (κ3) is 3.75. The molecular formula is C21H23NO3. The van der Waals surface area contributed by atoms with Crippen LogP contribution < -0.4 is 0 Å². The van der Waals surface area contributed by atoms with E-state index >= 15 is 0 Å². The molecule has 0 bridgehead atoms. The van der Waals surface area contributed by atoms with Gasteiger partial charge < -0.3 is 4.74 Å². The highest BCUT2D eigenvalue weighted by Crippen LogP contribution is 2.39. The number of hydroxylamine groups is 2. The Bertz CT molecular complexity index is 704. The van der Waals surface area contributed by atoms with Crippen molar-refractivity contribution >= 4 is 5.97 Å². The Morgan fingerprint density at radius 1 is 1.04 bits per heavy atom. The molecule has 25 heavy (non-hydrogen) atoms. The van der Waals surface area contributed by atoms with E-state index in [2.05, 4.69) is 17.2 Å². The standard InChI is InChI=1S/C21H23NO3/c23-21(24-15-16-7-3-1-4-8-16)18-11-12-22-19(13-18)14-20(25-22)17-9-5-2-6-10-17/h1-10,18-20H,11-15H2/t18-,19+,20-/m1/s1. The van der Waals surface area contributed by atoms with Crippen LogP contribution >= 0.6 is 0 Å². The first-order valence-electron chi connectivity index (χ1n) is 8.98. The molecule has 0 aromatic heterocycles. The first-order valence-corrected chi connectivity index (χ1v) is 8.98. The van der Waals surface area contributed by atoms with Gasteiger partial charge in [0.25, 0.3) is 0 Å². The molecule has 0 aliphatic carbocycles. The van der Waals surface area contributed by atoms with Crippen LogP contribution in [0.2, 0.25) is 0 Å². The Labute approximate surface area is 148 Å². The normalized spacial score (nSPS) is 26.2. The summed E-state index contributed by atoms with van der Waals surface area (Å²) in [7, 11) is 0. The van der Waals surface area contributed by atoms with Gasteiger partial charge in [-0.2, -0.15) is 5.06 Å². The van der Waals surface area contributed by atoms with Gasteiger partial charge in [-0.05, 0) is 30.4 Å². The average Bonchev–Trinajstić information content (AvgIpc) is 3.11. The number of ether oxygens (including phenoxy) is 1. The molecule has 3 atom stereocenters. The maximum atomic E-state index is 12.4. The predicted molar refractivity (Wildman–Crippen MR) is 94.3 cm³/mol. The van der Waals surface area contributed by atoms with E-state index < -0.39 is 0 Å². The van der Waals surface area contributed by atoms with E-state index in [4.69, 9.17) is 9.57 Å². The molecule has 130 valence electrons. The number of fused-ring (bicyclic) bond motifs is 1. The van der Waals surface area contributed by atoms with Crippen LogP contribution in [0.5, 0.6) is 0 Å². The maximum absolute atomic E-state index is 12.4. The Kier molecular flexibility index (Phi) is 4.81. The summed E-state index contributed by atoms with van der Waals surface area (Å²) in [5.41, 5.74) is 2.24. The number of carbonyl (C=O) groups excluding carboxylic acids is 1. The molecular weight excluding hydrogens is 314 g/mol. The molecule has 0 N–H and O–H groups in total. The molecule has 0 spiro atoms. The molecule has 4 rings (SSSR count). The minimum atomic E-state index is -0.0772. The van der Waals surface area contributed by atoms with Gasteiger partial charge in [-0.1, -0.05) is 60.7 Å². The summed E-state index contributed by atoms with van der Waals surface area (Å²) in [4.78, 5) is 18.5. The van der Waals surface area contributed by atoms with Gasteiger partial charge in [0.2, 0.25) is 0 Å². The summed E-state index contributed by atoms with van der Waals surface area (Å²) in [6.07, 6.45) is 2.65. The topological polar surface area (TPSA) is 38.8 Å². The van der Waals surface area contributed by atoms with Crippen molar-refractivity contribution in [3.8, 4) is 0 Å². The highest BCUT2D eigenvalue weighted by molar-refractivity contribution is 5.72. The second kappa shape index (κ2) is 7.38. The van der Waals surface area contributed by atoms with Crippen LogP contribution in [0.15, 0.2) is 60.7 Å². The van der Waals surface area contributed by atoms with Crippen molar-refractivity contribution in [2.45, 2.75) is 38.0 Å². The van der Waals surface area contributed by atoms with Gasteiger partial charge in [0, 0.05) is 12.6 Å². The van der Waals surface area contributed by atoms with E-state index in [1.54, 1.807) is 0 Å². The van der Waals surface area contributed by atoms with Crippen molar-refractivity contribution in [1.82, 2.24) is 5.06 Å². The molecule has 2 heterocycles. The molecule has 2 aliphatic heterocycles. The minimum Gasteiger partial charge on any atom is -0.461 e. The Hall–Kier alpha value is -2.17. The summed E-state index contributed by atoms with van der Waals surface area (Å²) >= 11 is 0. The number of benzene rings is 2. The zero-order chi connectivity index (χ0) is 17.1. The number of carbonyl (C=O) groups is 1. The molecule has 2 aliphatic rings. The molecule has 4 nitrogen and oxygen atoms in total. The molecule has 0 amide bonds. The van der Waals surface area contributed by atoms with E-state index in [1.165, 1.54) is 5.56 Å². The maximum Gasteiger partial charge on any atom is 0.309 e. The molecule has 2 fully saturated rings. The van der Waals surface area contributed by atoms with Gasteiger partial charge in [0.1, 0.15) is 12.7 Å². The van der Waals surface area contributed by atoms with Gasteiger partial charge in [-0.15, -0.1) is 0 Å². The van der Waals surface area contributed by atoms with Crippen LogP contribution in [0.1, 0.15) is 36.5 Å². The number of hydrogen-bond donors (Lipinski definition) is 0. The fourth-order valence-electron chi connectivity index (χ4n) is 3.76. The van der Waals surface area contributed by atoms with Crippen molar-refractivity contribution in [1.29, 1.82) is 0 Å². The lowest BCUT2D eigenvalue weighted by Gasteiger charge is -2.31. The van der Waals surface area contributed by atoms with Crippen molar-refractivity contribution in [3.63, 3.8) is 0 Å². The van der Waals surface area contributed by atoms with Crippen molar-refractivity contribution in [3.05, 3.63) is 71.8 Å². The third-order valence-corrected chi connectivity index (χ3v) is 5.14.